The Labute approximate surface area is 90.1 Å². The van der Waals surface area contributed by atoms with Crippen LogP contribution < -0.4 is 5.32 Å². The van der Waals surface area contributed by atoms with Gasteiger partial charge in [0.1, 0.15) is 5.82 Å². The number of anilines is 1. The average Bonchev–Trinajstić information content (AvgIpc) is 2.74. The van der Waals surface area contributed by atoms with Crippen molar-refractivity contribution < 1.29 is 4.74 Å². The monoisotopic (exact) mass is 207 g/mol. The van der Waals surface area contributed by atoms with Crippen LogP contribution in [0, 0.1) is 12.8 Å². The molecule has 0 radical (unpaired) electrons. The third-order valence-corrected chi connectivity index (χ3v) is 2.85. The summed E-state index contributed by atoms with van der Waals surface area (Å²) in [5.41, 5.74) is 0.942. The van der Waals surface area contributed by atoms with E-state index in [1.165, 1.54) is 0 Å². The molecule has 4 nitrogen and oxygen atoms in total. The van der Waals surface area contributed by atoms with E-state index in [2.05, 4.69) is 22.4 Å². The molecule has 1 aromatic rings. The maximum Gasteiger partial charge on any atom is 0.148 e. The Balaban J connectivity index is 1.92. The van der Waals surface area contributed by atoms with Gasteiger partial charge in [-0.3, -0.25) is 0 Å². The molecule has 0 bridgehead atoms. The van der Waals surface area contributed by atoms with Crippen molar-refractivity contribution in [3.8, 4) is 0 Å². The van der Waals surface area contributed by atoms with Gasteiger partial charge in [0.25, 0.3) is 0 Å². The quantitative estimate of drug-likeness (QED) is 0.818. The molecule has 1 N–H and O–H groups in total. The maximum atomic E-state index is 5.36. The molecule has 2 unspecified atom stereocenters. The zero-order chi connectivity index (χ0) is 10.7. The number of nitrogens with one attached hydrogen (secondary N) is 1. The Hall–Kier alpha value is -1.16. The zero-order valence-electron chi connectivity index (χ0n) is 9.23. The van der Waals surface area contributed by atoms with Gasteiger partial charge in [-0.15, -0.1) is 5.10 Å². The van der Waals surface area contributed by atoms with E-state index >= 15 is 0 Å². The Kier molecular flexibility index (Phi) is 3.16. The minimum Gasteiger partial charge on any atom is -0.381 e. The Morgan fingerprint density at radius 1 is 1.47 bits per heavy atom. The second-order valence-electron chi connectivity index (χ2n) is 4.12. The molecule has 2 heterocycles. The van der Waals surface area contributed by atoms with Crippen LogP contribution in [0.4, 0.5) is 5.82 Å². The standard InChI is InChI=1S/C11H17N3O/c1-8-3-4-11(14-13-8)12-9(2)10-5-6-15-7-10/h3-4,9-10H,5-7H2,1-2H3,(H,12,14). The van der Waals surface area contributed by atoms with Gasteiger partial charge in [0, 0.05) is 18.6 Å². The molecule has 1 aliphatic rings. The second-order valence-corrected chi connectivity index (χ2v) is 4.12. The summed E-state index contributed by atoms with van der Waals surface area (Å²) < 4.78 is 5.36. The highest BCUT2D eigenvalue weighted by Crippen LogP contribution is 2.19. The zero-order valence-corrected chi connectivity index (χ0v) is 9.23. The molecule has 0 spiro atoms. The Morgan fingerprint density at radius 3 is 2.93 bits per heavy atom. The molecule has 0 amide bonds. The van der Waals surface area contributed by atoms with Crippen molar-refractivity contribution in [3.63, 3.8) is 0 Å². The first-order chi connectivity index (χ1) is 7.25. The summed E-state index contributed by atoms with van der Waals surface area (Å²) in [5.74, 6) is 1.44. The fourth-order valence-corrected chi connectivity index (χ4v) is 1.77. The summed E-state index contributed by atoms with van der Waals surface area (Å²) in [7, 11) is 0. The second kappa shape index (κ2) is 4.57. The molecule has 0 aromatic carbocycles. The van der Waals surface area contributed by atoms with Gasteiger partial charge in [0.2, 0.25) is 0 Å². The van der Waals surface area contributed by atoms with Crippen LogP contribution in [0.5, 0.6) is 0 Å². The van der Waals surface area contributed by atoms with Crippen molar-refractivity contribution in [1.29, 1.82) is 0 Å². The normalized spacial score (nSPS) is 22.7. The molecule has 1 aromatic heterocycles. The summed E-state index contributed by atoms with van der Waals surface area (Å²) in [4.78, 5) is 0. The van der Waals surface area contributed by atoms with Gasteiger partial charge in [-0.1, -0.05) is 0 Å². The highest BCUT2D eigenvalue weighted by molar-refractivity contribution is 5.34. The van der Waals surface area contributed by atoms with E-state index in [0.29, 0.717) is 12.0 Å². The third-order valence-electron chi connectivity index (χ3n) is 2.85. The maximum absolute atomic E-state index is 5.36. The van der Waals surface area contributed by atoms with Crippen molar-refractivity contribution in [2.24, 2.45) is 5.92 Å². The SMILES string of the molecule is Cc1ccc(NC(C)C2CCOC2)nn1. The first-order valence-corrected chi connectivity index (χ1v) is 5.40. The molecular weight excluding hydrogens is 190 g/mol. The van der Waals surface area contributed by atoms with E-state index < -0.39 is 0 Å². The van der Waals surface area contributed by atoms with Gasteiger partial charge in [-0.05, 0) is 32.4 Å². The van der Waals surface area contributed by atoms with Crippen LogP contribution in [0.15, 0.2) is 12.1 Å². The van der Waals surface area contributed by atoms with Gasteiger partial charge in [0.15, 0.2) is 0 Å². The largest absolute Gasteiger partial charge is 0.381 e. The van der Waals surface area contributed by atoms with Crippen molar-refractivity contribution in [1.82, 2.24) is 10.2 Å². The van der Waals surface area contributed by atoms with Gasteiger partial charge in [0.05, 0.1) is 12.3 Å². The van der Waals surface area contributed by atoms with E-state index in [0.717, 1.165) is 31.1 Å². The van der Waals surface area contributed by atoms with Crippen LogP contribution in [0.25, 0.3) is 0 Å². The van der Waals surface area contributed by atoms with Crippen LogP contribution >= 0.6 is 0 Å². The van der Waals surface area contributed by atoms with Crippen molar-refractivity contribution in [2.75, 3.05) is 18.5 Å². The number of ether oxygens (including phenoxy) is 1. The molecular formula is C11H17N3O. The van der Waals surface area contributed by atoms with E-state index in [1.54, 1.807) is 0 Å². The summed E-state index contributed by atoms with van der Waals surface area (Å²) in [6, 6.07) is 4.33. The number of hydrogen-bond donors (Lipinski definition) is 1. The Bertz CT molecular complexity index is 306. The van der Waals surface area contributed by atoms with Crippen LogP contribution in [0.2, 0.25) is 0 Å². The molecule has 1 fully saturated rings. The lowest BCUT2D eigenvalue weighted by Gasteiger charge is -2.19. The molecule has 82 valence electrons. The first kappa shape index (κ1) is 10.4. The fourth-order valence-electron chi connectivity index (χ4n) is 1.77. The van der Waals surface area contributed by atoms with E-state index in [9.17, 15) is 0 Å². The number of nitrogens with zero attached hydrogens (tertiary/aromatic N) is 2. The van der Waals surface area contributed by atoms with E-state index in [1.807, 2.05) is 19.1 Å². The minimum absolute atomic E-state index is 0.393. The molecule has 0 aliphatic carbocycles. The number of rotatable bonds is 3. The summed E-state index contributed by atoms with van der Waals surface area (Å²) in [6.45, 7) is 5.84. The lowest BCUT2D eigenvalue weighted by atomic mass is 10.0. The van der Waals surface area contributed by atoms with Gasteiger partial charge >= 0.3 is 0 Å². The minimum atomic E-state index is 0.393. The van der Waals surface area contributed by atoms with Crippen LogP contribution in [0.1, 0.15) is 19.0 Å². The molecule has 1 saturated heterocycles. The lowest BCUT2D eigenvalue weighted by Crippen LogP contribution is -2.26. The molecule has 1 aliphatic heterocycles. The average molecular weight is 207 g/mol. The molecule has 2 atom stereocenters. The smallest absolute Gasteiger partial charge is 0.148 e. The highest BCUT2D eigenvalue weighted by Gasteiger charge is 2.22. The van der Waals surface area contributed by atoms with Gasteiger partial charge in [-0.2, -0.15) is 5.10 Å². The third kappa shape index (κ3) is 2.65. The number of aryl methyl sites for hydroxylation is 1. The van der Waals surface area contributed by atoms with Crippen molar-refractivity contribution >= 4 is 5.82 Å². The molecule has 15 heavy (non-hydrogen) atoms. The molecule has 4 heteroatoms. The van der Waals surface area contributed by atoms with Crippen LogP contribution in [-0.2, 0) is 4.74 Å². The number of hydrogen-bond acceptors (Lipinski definition) is 4. The summed E-state index contributed by atoms with van der Waals surface area (Å²) >= 11 is 0. The number of aromatic nitrogens is 2. The van der Waals surface area contributed by atoms with Crippen molar-refractivity contribution in [2.45, 2.75) is 26.3 Å². The molecule has 2 rings (SSSR count). The predicted molar refractivity (Wildman–Crippen MR) is 58.8 cm³/mol. The topological polar surface area (TPSA) is 47.0 Å². The van der Waals surface area contributed by atoms with Crippen LogP contribution in [-0.4, -0.2) is 29.5 Å². The highest BCUT2D eigenvalue weighted by atomic mass is 16.5. The lowest BCUT2D eigenvalue weighted by molar-refractivity contribution is 0.183. The van der Waals surface area contributed by atoms with E-state index in [4.69, 9.17) is 4.74 Å². The summed E-state index contributed by atoms with van der Waals surface area (Å²) in [5, 5.41) is 11.5. The van der Waals surface area contributed by atoms with Crippen molar-refractivity contribution in [3.05, 3.63) is 17.8 Å². The van der Waals surface area contributed by atoms with Gasteiger partial charge in [-0.25, -0.2) is 0 Å². The summed E-state index contributed by atoms with van der Waals surface area (Å²) in [6.07, 6.45) is 1.13. The molecule has 0 saturated carbocycles. The van der Waals surface area contributed by atoms with E-state index in [-0.39, 0.29) is 0 Å². The van der Waals surface area contributed by atoms with Gasteiger partial charge < -0.3 is 10.1 Å². The fraction of sp³-hybridized carbons (Fsp3) is 0.636. The predicted octanol–water partition coefficient (Wildman–Crippen LogP) is 1.62. The Morgan fingerprint density at radius 2 is 2.33 bits per heavy atom. The van der Waals surface area contributed by atoms with Crippen LogP contribution in [0.3, 0.4) is 0 Å². The first-order valence-electron chi connectivity index (χ1n) is 5.40.